The van der Waals surface area contributed by atoms with Crippen LogP contribution in [0.25, 0.3) is 0 Å². The summed E-state index contributed by atoms with van der Waals surface area (Å²) in [6.45, 7) is 1.98. The molecule has 0 spiro atoms. The molecular formula is C34H34N4O8. The highest BCUT2D eigenvalue weighted by atomic mass is 16.6. The Labute approximate surface area is 265 Å². The Balaban J connectivity index is 1.28. The monoisotopic (exact) mass is 626 g/mol. The van der Waals surface area contributed by atoms with Gasteiger partial charge in [-0.1, -0.05) is 43.3 Å². The molecule has 3 heterocycles. The fraction of sp³-hybridized carbons (Fsp3) is 0.324. The summed E-state index contributed by atoms with van der Waals surface area (Å²) in [6, 6.07) is 18.1. The van der Waals surface area contributed by atoms with Crippen molar-refractivity contribution in [3.8, 4) is 5.75 Å². The summed E-state index contributed by atoms with van der Waals surface area (Å²) in [5.74, 6) is -1.36. The number of nitrogens with zero attached hydrogens (tertiary/aromatic N) is 4. The van der Waals surface area contributed by atoms with Gasteiger partial charge in [0, 0.05) is 42.3 Å². The van der Waals surface area contributed by atoms with Crippen molar-refractivity contribution in [3.63, 3.8) is 0 Å². The van der Waals surface area contributed by atoms with Crippen LogP contribution in [-0.4, -0.2) is 63.6 Å². The number of carbonyl (C=O) groups is 3. The minimum absolute atomic E-state index is 0.0202. The number of non-ortho nitro benzene ring substituents is 1. The predicted octanol–water partition coefficient (Wildman–Crippen LogP) is 3.95. The number of anilines is 3. The third kappa shape index (κ3) is 5.39. The van der Waals surface area contributed by atoms with Gasteiger partial charge in [-0.15, -0.1) is 0 Å². The minimum atomic E-state index is -2.14. The van der Waals surface area contributed by atoms with Crippen LogP contribution in [0.4, 0.5) is 22.7 Å². The van der Waals surface area contributed by atoms with Gasteiger partial charge in [0.05, 0.1) is 35.5 Å². The molecule has 46 heavy (non-hydrogen) atoms. The van der Waals surface area contributed by atoms with Crippen molar-refractivity contribution in [2.24, 2.45) is 5.92 Å². The summed E-state index contributed by atoms with van der Waals surface area (Å²) in [5.41, 5.74) is -0.150. The van der Waals surface area contributed by atoms with Gasteiger partial charge < -0.3 is 24.7 Å². The summed E-state index contributed by atoms with van der Waals surface area (Å²) in [6.07, 6.45) is 4.74. The van der Waals surface area contributed by atoms with E-state index in [0.29, 0.717) is 34.9 Å². The first-order valence-electron chi connectivity index (χ1n) is 15.2. The molecule has 3 aromatic rings. The van der Waals surface area contributed by atoms with Crippen molar-refractivity contribution in [3.05, 3.63) is 100 Å². The van der Waals surface area contributed by atoms with E-state index < -0.39 is 22.3 Å². The molecule has 0 aliphatic carbocycles. The van der Waals surface area contributed by atoms with Gasteiger partial charge >= 0.3 is 0 Å². The summed E-state index contributed by atoms with van der Waals surface area (Å²) in [7, 11) is 0. The molecule has 6 rings (SSSR count). The average molecular weight is 627 g/mol. The zero-order valence-corrected chi connectivity index (χ0v) is 25.2. The number of para-hydroxylation sites is 2. The molecule has 12 nitrogen and oxygen atoms in total. The fourth-order valence-corrected chi connectivity index (χ4v) is 6.55. The first-order valence-corrected chi connectivity index (χ1v) is 15.2. The zero-order chi connectivity index (χ0) is 32.6. The molecule has 2 N–H and O–H groups in total. The largest absolute Gasteiger partial charge is 0.482 e. The molecule has 3 aliphatic rings. The van der Waals surface area contributed by atoms with Crippen LogP contribution in [0.1, 0.15) is 37.3 Å². The van der Waals surface area contributed by atoms with Gasteiger partial charge in [-0.05, 0) is 48.7 Å². The van der Waals surface area contributed by atoms with Crippen LogP contribution in [0.15, 0.2) is 78.9 Å². The maximum atomic E-state index is 14.1. The van der Waals surface area contributed by atoms with Crippen molar-refractivity contribution >= 4 is 40.5 Å². The van der Waals surface area contributed by atoms with E-state index in [9.17, 15) is 34.7 Å². The summed E-state index contributed by atoms with van der Waals surface area (Å²) in [4.78, 5) is 55.5. The molecule has 0 aromatic heterocycles. The Bertz CT molecular complexity index is 1740. The SMILES string of the molecule is C[C@H](/C=C/CC(=O)N1CCC[C@H]1CO)[C@@]1(O)C(=O)N(Cc2cccc(N3C(=O)COc4ccccc43)c2)c2ccc([N+](=O)[O-])cc21. The second kappa shape index (κ2) is 12.4. The number of likely N-dealkylation sites (tertiary alicyclic amines) is 1. The predicted molar refractivity (Wildman–Crippen MR) is 168 cm³/mol. The Kier molecular flexibility index (Phi) is 8.32. The van der Waals surface area contributed by atoms with Gasteiger partial charge in [0.25, 0.3) is 17.5 Å². The summed E-state index contributed by atoms with van der Waals surface area (Å²) in [5, 5.41) is 33.3. The summed E-state index contributed by atoms with van der Waals surface area (Å²) >= 11 is 0. The van der Waals surface area contributed by atoms with E-state index in [1.807, 2.05) is 6.07 Å². The summed E-state index contributed by atoms with van der Waals surface area (Å²) < 4.78 is 5.57. The highest BCUT2D eigenvalue weighted by Crippen LogP contribution is 2.47. The molecule has 1 fully saturated rings. The molecule has 0 radical (unpaired) electrons. The van der Waals surface area contributed by atoms with Crippen molar-refractivity contribution in [2.75, 3.05) is 29.6 Å². The molecule has 1 saturated heterocycles. The Morgan fingerprint density at radius 1 is 1.13 bits per heavy atom. The first-order chi connectivity index (χ1) is 22.1. The van der Waals surface area contributed by atoms with E-state index in [0.717, 1.165) is 12.8 Å². The molecule has 238 valence electrons. The molecule has 0 bridgehead atoms. The van der Waals surface area contributed by atoms with Gasteiger partial charge in [0.2, 0.25) is 5.91 Å². The lowest BCUT2D eigenvalue weighted by Gasteiger charge is -2.30. The molecule has 3 amide bonds. The minimum Gasteiger partial charge on any atom is -0.482 e. The van der Waals surface area contributed by atoms with Gasteiger partial charge in [-0.3, -0.25) is 29.4 Å². The lowest BCUT2D eigenvalue weighted by Crippen LogP contribution is -2.44. The number of nitro groups is 1. The number of amides is 3. The van der Waals surface area contributed by atoms with E-state index >= 15 is 0 Å². The third-order valence-corrected chi connectivity index (χ3v) is 8.96. The number of carbonyl (C=O) groups excluding carboxylic acids is 3. The van der Waals surface area contributed by atoms with Gasteiger partial charge in [0.1, 0.15) is 5.75 Å². The van der Waals surface area contributed by atoms with Crippen molar-refractivity contribution in [1.82, 2.24) is 4.90 Å². The van der Waals surface area contributed by atoms with Gasteiger partial charge in [-0.2, -0.15) is 0 Å². The molecule has 3 aliphatic heterocycles. The lowest BCUT2D eigenvalue weighted by atomic mass is 9.82. The van der Waals surface area contributed by atoms with Crippen molar-refractivity contribution < 1.29 is 34.3 Å². The number of aliphatic hydroxyl groups is 2. The van der Waals surface area contributed by atoms with Crippen LogP contribution in [0.5, 0.6) is 5.75 Å². The maximum Gasteiger partial charge on any atom is 0.269 e. The highest BCUT2D eigenvalue weighted by molar-refractivity contribution is 6.08. The standard InChI is InChI=1S/C34H34N4O8/c1-22(7-4-13-31(40)35-16-6-10-26(35)20-39)34(43)27-18-25(38(44)45)14-15-28(27)36(33(34)42)19-23-8-5-9-24(17-23)37-29-11-2-3-12-30(29)46-21-32(37)41/h2-5,7-9,11-12,14-15,17-18,22,26,39,43H,6,10,13,16,19-21H2,1H3/b7-4+/t22-,26+,34+/m1/s1. The van der Waals surface area contributed by atoms with E-state index in [-0.39, 0.29) is 55.3 Å². The number of aliphatic hydroxyl groups excluding tert-OH is 1. The van der Waals surface area contributed by atoms with E-state index in [2.05, 4.69) is 0 Å². The van der Waals surface area contributed by atoms with Gasteiger partial charge in [-0.25, -0.2) is 0 Å². The van der Waals surface area contributed by atoms with E-state index in [4.69, 9.17) is 4.74 Å². The van der Waals surface area contributed by atoms with Crippen LogP contribution >= 0.6 is 0 Å². The van der Waals surface area contributed by atoms with Crippen LogP contribution < -0.4 is 14.5 Å². The topological polar surface area (TPSA) is 154 Å². The molecule has 3 aromatic carbocycles. The molecule has 0 saturated carbocycles. The number of nitro benzene ring substituents is 1. The Morgan fingerprint density at radius 3 is 2.72 bits per heavy atom. The smallest absolute Gasteiger partial charge is 0.269 e. The number of rotatable bonds is 9. The van der Waals surface area contributed by atoms with Gasteiger partial charge in [0.15, 0.2) is 12.2 Å². The second-order valence-corrected chi connectivity index (χ2v) is 11.8. The van der Waals surface area contributed by atoms with Crippen molar-refractivity contribution in [2.45, 2.75) is 44.4 Å². The van der Waals surface area contributed by atoms with E-state index in [1.54, 1.807) is 71.3 Å². The van der Waals surface area contributed by atoms with E-state index in [1.165, 1.54) is 23.1 Å². The highest BCUT2D eigenvalue weighted by Gasteiger charge is 2.53. The number of ether oxygens (including phenoxy) is 1. The normalized spacial score (nSPS) is 21.4. The fourth-order valence-electron chi connectivity index (χ4n) is 6.55. The van der Waals surface area contributed by atoms with Crippen LogP contribution in [0, 0.1) is 16.0 Å². The molecule has 3 atom stereocenters. The number of fused-ring (bicyclic) bond motifs is 2. The molecular weight excluding hydrogens is 592 g/mol. The Morgan fingerprint density at radius 2 is 1.93 bits per heavy atom. The first kappa shape index (κ1) is 30.9. The third-order valence-electron chi connectivity index (χ3n) is 8.96. The lowest BCUT2D eigenvalue weighted by molar-refractivity contribution is -0.385. The van der Waals surface area contributed by atoms with Crippen molar-refractivity contribution in [1.29, 1.82) is 0 Å². The van der Waals surface area contributed by atoms with Crippen LogP contribution in [0.3, 0.4) is 0 Å². The van der Waals surface area contributed by atoms with Crippen LogP contribution in [-0.2, 0) is 26.5 Å². The molecule has 12 heteroatoms. The maximum absolute atomic E-state index is 14.1. The zero-order valence-electron chi connectivity index (χ0n) is 25.2. The Hall–Kier alpha value is -5.07. The van der Waals surface area contributed by atoms with Crippen LogP contribution in [0.2, 0.25) is 0 Å². The quantitative estimate of drug-likeness (QED) is 0.206. The average Bonchev–Trinajstić information content (AvgIpc) is 3.62. The second-order valence-electron chi connectivity index (χ2n) is 11.8. The number of benzene rings is 3. The molecule has 0 unspecified atom stereocenters. The number of hydrogen-bond acceptors (Lipinski definition) is 8. The number of hydrogen-bond donors (Lipinski definition) is 2.